The van der Waals surface area contributed by atoms with E-state index in [-0.39, 0.29) is 12.4 Å². The second kappa shape index (κ2) is 11.5. The number of nitrogens with zero attached hydrogens (tertiary/aromatic N) is 1. The molecule has 0 saturated heterocycles. The van der Waals surface area contributed by atoms with Crippen molar-refractivity contribution in [1.29, 1.82) is 0 Å². The summed E-state index contributed by atoms with van der Waals surface area (Å²) in [5.74, 6) is 0. The molecule has 0 spiro atoms. The second-order valence-corrected chi connectivity index (χ2v) is 5.98. The first-order chi connectivity index (χ1) is 8.77. The van der Waals surface area contributed by atoms with Crippen molar-refractivity contribution >= 4 is 0 Å². The van der Waals surface area contributed by atoms with Gasteiger partial charge in [0.05, 0.1) is 19.8 Å². The minimum absolute atomic E-state index is 0. The molecule has 1 rings (SSSR count). The third kappa shape index (κ3) is 9.29. The van der Waals surface area contributed by atoms with Gasteiger partial charge in [0, 0.05) is 0 Å². The van der Waals surface area contributed by atoms with Crippen LogP contribution in [0, 0.1) is 0 Å². The van der Waals surface area contributed by atoms with Crippen LogP contribution in [0.1, 0.15) is 64.7 Å². The number of hydrogen-bond acceptors (Lipinski definition) is 0. The van der Waals surface area contributed by atoms with Gasteiger partial charge >= 0.3 is 0 Å². The Hall–Kier alpha value is -0.270. The van der Waals surface area contributed by atoms with Crippen LogP contribution in [-0.2, 0) is 0 Å². The van der Waals surface area contributed by atoms with Crippen LogP contribution in [0.3, 0.4) is 0 Å². The van der Waals surface area contributed by atoms with E-state index in [9.17, 15) is 0 Å². The van der Waals surface area contributed by atoms with Crippen LogP contribution >= 0.6 is 0 Å². The molecule has 1 unspecified atom stereocenters. The van der Waals surface area contributed by atoms with Crippen molar-refractivity contribution in [2.24, 2.45) is 0 Å². The summed E-state index contributed by atoms with van der Waals surface area (Å²) >= 11 is 0. The van der Waals surface area contributed by atoms with Gasteiger partial charge in [0.1, 0.15) is 6.54 Å². The van der Waals surface area contributed by atoms with E-state index < -0.39 is 0 Å². The monoisotopic (exact) mass is 285 g/mol. The molecule has 1 aliphatic rings. The molecule has 1 nitrogen and oxygen atoms in total. The van der Waals surface area contributed by atoms with E-state index in [4.69, 9.17) is 0 Å². The van der Waals surface area contributed by atoms with Gasteiger partial charge in [-0.3, -0.25) is 4.48 Å². The number of halogens is 1. The van der Waals surface area contributed by atoms with Crippen molar-refractivity contribution in [3.63, 3.8) is 0 Å². The number of unbranched alkanes of at least 4 members (excludes halogenated alkanes) is 8. The van der Waals surface area contributed by atoms with Gasteiger partial charge in [-0.15, -0.1) is 0 Å². The molecule has 0 aromatic rings. The molecule has 0 aromatic carbocycles. The first kappa shape index (κ1) is 18.7. The van der Waals surface area contributed by atoms with Crippen LogP contribution in [0.5, 0.6) is 0 Å². The molecule has 0 saturated carbocycles. The summed E-state index contributed by atoms with van der Waals surface area (Å²) in [6.45, 7) is 4.76. The van der Waals surface area contributed by atoms with Gasteiger partial charge in [0.25, 0.3) is 0 Å². The number of hydrogen-bond donors (Lipinski definition) is 0. The van der Waals surface area contributed by atoms with Crippen LogP contribution in [0.25, 0.3) is 0 Å². The number of likely N-dealkylation sites (N-methyl/N-ethyl adjacent to an activating group) is 1. The number of rotatable bonds is 10. The van der Waals surface area contributed by atoms with Crippen molar-refractivity contribution < 1.29 is 16.9 Å². The average molecular weight is 286 g/mol. The summed E-state index contributed by atoms with van der Waals surface area (Å²) in [5.41, 5.74) is 0. The van der Waals surface area contributed by atoms with Gasteiger partial charge in [0.15, 0.2) is 0 Å². The average Bonchev–Trinajstić information content (AvgIpc) is 2.38. The third-order valence-corrected chi connectivity index (χ3v) is 3.99. The highest BCUT2D eigenvalue weighted by Gasteiger charge is 2.17. The standard InChI is InChI=1S/C17H32N.ClH/c1-3-4-5-6-7-8-9-10-12-15-18(2)16-13-11-14-17-18;/h11,13-14,16H,3-10,12,15,17H2,1-2H3;1H/q+1;/p-1. The lowest BCUT2D eigenvalue weighted by molar-refractivity contribution is -0.854. The molecule has 0 radical (unpaired) electrons. The van der Waals surface area contributed by atoms with E-state index in [2.05, 4.69) is 38.4 Å². The summed E-state index contributed by atoms with van der Waals surface area (Å²) in [6, 6.07) is 0. The van der Waals surface area contributed by atoms with E-state index in [1.807, 2.05) is 0 Å². The van der Waals surface area contributed by atoms with Crippen LogP contribution < -0.4 is 12.4 Å². The summed E-state index contributed by atoms with van der Waals surface area (Å²) in [7, 11) is 2.34. The Bertz CT molecular complexity index is 260. The van der Waals surface area contributed by atoms with Gasteiger partial charge in [-0.05, 0) is 25.0 Å². The molecule has 19 heavy (non-hydrogen) atoms. The lowest BCUT2D eigenvalue weighted by Gasteiger charge is -2.30. The van der Waals surface area contributed by atoms with E-state index in [1.54, 1.807) is 0 Å². The van der Waals surface area contributed by atoms with E-state index in [0.29, 0.717) is 0 Å². The molecule has 2 heteroatoms. The van der Waals surface area contributed by atoms with Crippen LogP contribution in [0.15, 0.2) is 24.4 Å². The maximum Gasteiger partial charge on any atom is 0.102 e. The Morgan fingerprint density at radius 1 is 0.842 bits per heavy atom. The van der Waals surface area contributed by atoms with Crippen LogP contribution in [0.2, 0.25) is 0 Å². The molecule has 0 N–H and O–H groups in total. The quantitative estimate of drug-likeness (QED) is 0.426. The van der Waals surface area contributed by atoms with Gasteiger partial charge in [-0.25, -0.2) is 0 Å². The number of quaternary nitrogens is 1. The second-order valence-electron chi connectivity index (χ2n) is 5.98. The smallest absolute Gasteiger partial charge is 0.102 e. The van der Waals surface area contributed by atoms with Crippen molar-refractivity contribution in [1.82, 2.24) is 0 Å². The predicted octanol–water partition coefficient (Wildman–Crippen LogP) is 2.05. The minimum Gasteiger partial charge on any atom is -1.00 e. The zero-order valence-corrected chi connectivity index (χ0v) is 13.7. The van der Waals surface area contributed by atoms with E-state index >= 15 is 0 Å². The highest BCUT2D eigenvalue weighted by molar-refractivity contribution is 5.03. The molecule has 1 heterocycles. The lowest BCUT2D eigenvalue weighted by atomic mass is 10.1. The molecule has 0 bridgehead atoms. The highest BCUT2D eigenvalue weighted by Crippen LogP contribution is 2.14. The molecule has 0 fully saturated rings. The lowest BCUT2D eigenvalue weighted by Crippen LogP contribution is -3.00. The summed E-state index contributed by atoms with van der Waals surface area (Å²) in [4.78, 5) is 0. The SMILES string of the molecule is CCCCCCCCCCC[N+]1(C)C=CC=CC1.[Cl-]. The first-order valence-electron chi connectivity index (χ1n) is 7.95. The molecule has 1 atom stereocenters. The Labute approximate surface area is 126 Å². The van der Waals surface area contributed by atoms with Gasteiger partial charge in [-0.2, -0.15) is 0 Å². The summed E-state index contributed by atoms with van der Waals surface area (Å²) in [5, 5.41) is 0. The molecule has 0 amide bonds. The Kier molecular flexibility index (Phi) is 11.4. The Morgan fingerprint density at radius 3 is 1.95 bits per heavy atom. The van der Waals surface area contributed by atoms with Crippen molar-refractivity contribution in [3.05, 3.63) is 24.4 Å². The number of allylic oxidation sites excluding steroid dienone is 2. The fraction of sp³-hybridized carbons (Fsp3) is 0.765. The zero-order chi connectivity index (χ0) is 13.1. The summed E-state index contributed by atoms with van der Waals surface area (Å²) in [6.07, 6.45) is 21.8. The fourth-order valence-corrected chi connectivity index (χ4v) is 2.65. The molecule has 112 valence electrons. The Balaban J connectivity index is 0.00000324. The van der Waals surface area contributed by atoms with Gasteiger partial charge in [0.2, 0.25) is 0 Å². The van der Waals surface area contributed by atoms with Crippen LogP contribution in [0.4, 0.5) is 0 Å². The van der Waals surface area contributed by atoms with E-state index in [0.717, 1.165) is 4.48 Å². The van der Waals surface area contributed by atoms with E-state index in [1.165, 1.54) is 70.9 Å². The molecular weight excluding hydrogens is 254 g/mol. The first-order valence-corrected chi connectivity index (χ1v) is 7.95. The third-order valence-electron chi connectivity index (χ3n) is 3.99. The topological polar surface area (TPSA) is 0 Å². The molecule has 0 aromatic heterocycles. The highest BCUT2D eigenvalue weighted by atomic mass is 35.5. The molecular formula is C17H32ClN. The normalized spacial score (nSPS) is 21.4. The molecule has 1 aliphatic heterocycles. The molecule has 0 aliphatic carbocycles. The Morgan fingerprint density at radius 2 is 1.42 bits per heavy atom. The van der Waals surface area contributed by atoms with Crippen molar-refractivity contribution in [3.8, 4) is 0 Å². The van der Waals surface area contributed by atoms with Crippen molar-refractivity contribution in [2.75, 3.05) is 20.1 Å². The maximum absolute atomic E-state index is 2.34. The van der Waals surface area contributed by atoms with Gasteiger partial charge < -0.3 is 12.4 Å². The van der Waals surface area contributed by atoms with Crippen LogP contribution in [-0.4, -0.2) is 24.6 Å². The minimum atomic E-state index is 0. The van der Waals surface area contributed by atoms with Crippen molar-refractivity contribution in [2.45, 2.75) is 64.7 Å². The van der Waals surface area contributed by atoms with Gasteiger partial charge in [-0.1, -0.05) is 57.9 Å². The summed E-state index contributed by atoms with van der Waals surface area (Å²) < 4.78 is 1.10. The predicted molar refractivity (Wildman–Crippen MR) is 81.4 cm³/mol. The maximum atomic E-state index is 2.34. The largest absolute Gasteiger partial charge is 1.00 e. The zero-order valence-electron chi connectivity index (χ0n) is 12.9. The fourth-order valence-electron chi connectivity index (χ4n) is 2.65.